The van der Waals surface area contributed by atoms with E-state index in [1.807, 2.05) is 6.07 Å². The van der Waals surface area contributed by atoms with Crippen molar-refractivity contribution in [3.8, 4) is 22.4 Å². The second kappa shape index (κ2) is 7.75. The van der Waals surface area contributed by atoms with E-state index in [1.54, 1.807) is 4.52 Å². The molecule has 0 spiro atoms. The molecule has 3 aromatic carbocycles. The Kier molecular flexibility index (Phi) is 4.51. The molecule has 2 aliphatic rings. The number of para-hydroxylation sites is 1. The molecule has 1 fully saturated rings. The van der Waals surface area contributed by atoms with E-state index in [1.165, 1.54) is 23.2 Å². The van der Waals surface area contributed by atoms with Crippen LogP contribution in [0.5, 0.6) is 0 Å². The summed E-state index contributed by atoms with van der Waals surface area (Å²) in [6, 6.07) is 27.4. The van der Waals surface area contributed by atoms with Gasteiger partial charge in [0, 0.05) is 35.1 Å². The molecule has 172 valence electrons. The molecule has 0 radical (unpaired) electrons. The van der Waals surface area contributed by atoms with E-state index in [9.17, 15) is 0 Å². The first-order valence-corrected chi connectivity index (χ1v) is 12.3. The first kappa shape index (κ1) is 20.4. The third-order valence-corrected chi connectivity index (χ3v) is 7.51. The van der Waals surface area contributed by atoms with Crippen molar-refractivity contribution in [2.24, 2.45) is 5.73 Å². The van der Waals surface area contributed by atoms with Crippen LogP contribution in [-0.4, -0.2) is 26.1 Å². The smallest absolute Gasteiger partial charge is 0.254 e. The molecule has 0 unspecified atom stereocenters. The zero-order chi connectivity index (χ0) is 23.4. The molecule has 6 heteroatoms. The molecule has 1 aliphatic heterocycles. The zero-order valence-corrected chi connectivity index (χ0v) is 19.4. The molecular formula is C29H26N6. The van der Waals surface area contributed by atoms with Crippen molar-refractivity contribution in [1.29, 1.82) is 0 Å². The third kappa shape index (κ3) is 3.33. The van der Waals surface area contributed by atoms with Crippen molar-refractivity contribution in [3.05, 3.63) is 96.2 Å². The highest BCUT2D eigenvalue weighted by atomic mass is 15.4. The van der Waals surface area contributed by atoms with Crippen LogP contribution in [0.3, 0.4) is 0 Å². The molecular weight excluding hydrogens is 432 g/mol. The van der Waals surface area contributed by atoms with Gasteiger partial charge in [0.25, 0.3) is 11.7 Å². The van der Waals surface area contributed by atoms with Crippen LogP contribution in [0.1, 0.15) is 30.4 Å². The number of rotatable bonds is 4. The Labute approximate surface area is 204 Å². The van der Waals surface area contributed by atoms with Gasteiger partial charge >= 0.3 is 0 Å². The summed E-state index contributed by atoms with van der Waals surface area (Å²) in [5.41, 5.74) is 14.2. The summed E-state index contributed by atoms with van der Waals surface area (Å²) in [5, 5.41) is 4.83. The third-order valence-electron chi connectivity index (χ3n) is 7.51. The Morgan fingerprint density at radius 1 is 0.800 bits per heavy atom. The number of anilines is 2. The minimum Gasteiger partial charge on any atom is -0.321 e. The number of hydrogen-bond donors (Lipinski definition) is 1. The first-order chi connectivity index (χ1) is 17.2. The highest BCUT2D eigenvalue weighted by molar-refractivity contribution is 5.81. The summed E-state index contributed by atoms with van der Waals surface area (Å²) >= 11 is 0. The zero-order valence-electron chi connectivity index (χ0n) is 19.4. The second-order valence-corrected chi connectivity index (χ2v) is 9.64. The predicted molar refractivity (Wildman–Crippen MR) is 139 cm³/mol. The molecule has 3 heterocycles. The quantitative estimate of drug-likeness (QED) is 0.386. The van der Waals surface area contributed by atoms with Gasteiger partial charge in [-0.25, -0.2) is 9.50 Å². The molecule has 0 atom stereocenters. The van der Waals surface area contributed by atoms with Gasteiger partial charge in [0.05, 0.1) is 5.69 Å². The Hall–Kier alpha value is -4.03. The number of hydrogen-bond acceptors (Lipinski definition) is 5. The Morgan fingerprint density at radius 3 is 2.34 bits per heavy atom. The summed E-state index contributed by atoms with van der Waals surface area (Å²) in [4.78, 5) is 12.0. The fourth-order valence-electron chi connectivity index (χ4n) is 5.33. The maximum atomic E-state index is 6.56. The van der Waals surface area contributed by atoms with Crippen LogP contribution in [-0.2, 0) is 12.0 Å². The van der Waals surface area contributed by atoms with Gasteiger partial charge in [-0.05, 0) is 48.4 Å². The maximum absolute atomic E-state index is 6.56. The van der Waals surface area contributed by atoms with Crippen molar-refractivity contribution in [2.45, 2.75) is 31.2 Å². The van der Waals surface area contributed by atoms with Crippen molar-refractivity contribution in [2.75, 3.05) is 11.4 Å². The van der Waals surface area contributed by atoms with Crippen LogP contribution in [0.2, 0.25) is 0 Å². The van der Waals surface area contributed by atoms with E-state index < -0.39 is 0 Å². The van der Waals surface area contributed by atoms with E-state index >= 15 is 0 Å². The van der Waals surface area contributed by atoms with Gasteiger partial charge in [-0.3, -0.25) is 0 Å². The van der Waals surface area contributed by atoms with E-state index in [0.29, 0.717) is 11.7 Å². The fraction of sp³-hybridized carbons (Fsp3) is 0.207. The van der Waals surface area contributed by atoms with Gasteiger partial charge in [-0.2, -0.15) is 4.98 Å². The maximum Gasteiger partial charge on any atom is 0.254 e. The highest BCUT2D eigenvalue weighted by Gasteiger charge is 2.34. The Bertz CT molecular complexity index is 1530. The minimum atomic E-state index is -0.175. The molecule has 7 rings (SSSR count). The summed E-state index contributed by atoms with van der Waals surface area (Å²) in [7, 11) is 0. The molecule has 6 nitrogen and oxygen atoms in total. The molecule has 2 N–H and O–H groups in total. The monoisotopic (exact) mass is 458 g/mol. The van der Waals surface area contributed by atoms with E-state index in [2.05, 4.69) is 83.9 Å². The van der Waals surface area contributed by atoms with Gasteiger partial charge in [-0.15, -0.1) is 5.10 Å². The van der Waals surface area contributed by atoms with Crippen molar-refractivity contribution >= 4 is 17.4 Å². The van der Waals surface area contributed by atoms with Crippen LogP contribution in [0.4, 0.5) is 11.6 Å². The van der Waals surface area contributed by atoms with Crippen molar-refractivity contribution < 1.29 is 0 Å². The van der Waals surface area contributed by atoms with Gasteiger partial charge < -0.3 is 10.6 Å². The number of benzene rings is 3. The van der Waals surface area contributed by atoms with E-state index in [0.717, 1.165) is 48.2 Å². The largest absolute Gasteiger partial charge is 0.321 e. The molecule has 35 heavy (non-hydrogen) atoms. The predicted octanol–water partition coefficient (Wildman–Crippen LogP) is 5.49. The first-order valence-electron chi connectivity index (χ1n) is 12.3. The number of nitrogens with two attached hydrogens (primary N) is 1. The summed E-state index contributed by atoms with van der Waals surface area (Å²) in [5.74, 6) is 1.28. The Morgan fingerprint density at radius 2 is 1.57 bits per heavy atom. The lowest BCUT2D eigenvalue weighted by Crippen LogP contribution is -2.43. The number of fused-ring (bicyclic) bond motifs is 2. The second-order valence-electron chi connectivity index (χ2n) is 9.64. The van der Waals surface area contributed by atoms with Crippen LogP contribution in [0.25, 0.3) is 28.2 Å². The number of aromatic nitrogens is 4. The van der Waals surface area contributed by atoms with Gasteiger partial charge in [0.1, 0.15) is 0 Å². The summed E-state index contributed by atoms with van der Waals surface area (Å²) in [6.45, 7) is 0.872. The fourth-order valence-corrected chi connectivity index (χ4v) is 5.33. The topological polar surface area (TPSA) is 72.3 Å². The lowest BCUT2D eigenvalue weighted by Gasteiger charge is -2.38. The lowest BCUT2D eigenvalue weighted by molar-refractivity contribution is 0.253. The van der Waals surface area contributed by atoms with Gasteiger partial charge in [-0.1, -0.05) is 72.8 Å². The van der Waals surface area contributed by atoms with E-state index in [-0.39, 0.29) is 5.54 Å². The normalized spacial score (nSPS) is 16.3. The van der Waals surface area contributed by atoms with Gasteiger partial charge in [0.2, 0.25) is 0 Å². The molecule has 5 aromatic rings. The molecule has 1 saturated carbocycles. The van der Waals surface area contributed by atoms with Crippen molar-refractivity contribution in [1.82, 2.24) is 19.6 Å². The summed E-state index contributed by atoms with van der Waals surface area (Å²) < 4.78 is 1.81. The van der Waals surface area contributed by atoms with E-state index in [4.69, 9.17) is 20.8 Å². The minimum absolute atomic E-state index is 0.175. The average Bonchev–Trinajstić information content (AvgIpc) is 3.51. The number of nitrogens with zero attached hydrogens (tertiary/aromatic N) is 5. The average molecular weight is 459 g/mol. The molecule has 2 aromatic heterocycles. The lowest BCUT2D eigenvalue weighted by atomic mass is 9.72. The molecule has 0 bridgehead atoms. The Balaban J connectivity index is 1.35. The molecule has 1 aliphatic carbocycles. The SMILES string of the molecule is NC1(c2ccc(-c3nc4nc(N5CCc6ccccc65)nn4cc3-c3ccccc3)cc2)CCC1. The van der Waals surface area contributed by atoms with Crippen LogP contribution in [0.15, 0.2) is 85.1 Å². The van der Waals surface area contributed by atoms with Crippen LogP contribution >= 0.6 is 0 Å². The standard InChI is InChI=1S/C29H26N6/c30-29(16-6-17-29)23-13-11-22(12-14-23)26-24(20-7-2-1-3-8-20)19-35-27(31-26)32-28(33-35)34-18-15-21-9-4-5-10-25(21)34/h1-5,7-14,19H,6,15-18,30H2. The molecule has 0 saturated heterocycles. The van der Waals surface area contributed by atoms with Crippen LogP contribution < -0.4 is 10.6 Å². The van der Waals surface area contributed by atoms with Crippen molar-refractivity contribution in [3.63, 3.8) is 0 Å². The summed E-state index contributed by atoms with van der Waals surface area (Å²) in [6.07, 6.45) is 6.34. The van der Waals surface area contributed by atoms with Crippen LogP contribution in [0, 0.1) is 0 Å². The highest BCUT2D eigenvalue weighted by Crippen LogP contribution is 2.40. The molecule has 0 amide bonds. The van der Waals surface area contributed by atoms with Gasteiger partial charge in [0.15, 0.2) is 0 Å².